The van der Waals surface area contributed by atoms with Gasteiger partial charge in [-0.2, -0.15) is 0 Å². The van der Waals surface area contributed by atoms with Gasteiger partial charge in [0, 0.05) is 10.2 Å². The van der Waals surface area contributed by atoms with Crippen LogP contribution < -0.4 is 9.62 Å². The number of nitrogens with one attached hydrogen (secondary N) is 1. The highest BCUT2D eigenvalue weighted by Gasteiger charge is 2.31. The van der Waals surface area contributed by atoms with Crippen LogP contribution in [-0.4, -0.2) is 26.6 Å². The molecule has 5 nitrogen and oxygen atoms in total. The predicted octanol–water partition coefficient (Wildman–Crippen LogP) is 3.63. The number of carbonyl (C=O) groups is 1. The highest BCUT2D eigenvalue weighted by molar-refractivity contribution is 9.10. The fourth-order valence-electron chi connectivity index (χ4n) is 2.39. The Kier molecular flexibility index (Phi) is 6.01. The lowest BCUT2D eigenvalue weighted by molar-refractivity contribution is -0.117. The molecule has 0 aromatic heterocycles. The zero-order valence-corrected chi connectivity index (χ0v) is 15.8. The van der Waals surface area contributed by atoms with E-state index in [-0.39, 0.29) is 5.91 Å². The third-order valence-electron chi connectivity index (χ3n) is 3.45. The minimum Gasteiger partial charge on any atom is -0.324 e. The summed E-state index contributed by atoms with van der Waals surface area (Å²) >= 11 is 3.33. The fourth-order valence-corrected chi connectivity index (χ4v) is 3.87. The van der Waals surface area contributed by atoms with E-state index in [0.717, 1.165) is 10.7 Å². The van der Waals surface area contributed by atoms with E-state index < -0.39 is 16.1 Å². The van der Waals surface area contributed by atoms with Crippen molar-refractivity contribution in [3.63, 3.8) is 0 Å². The number of anilines is 2. The summed E-state index contributed by atoms with van der Waals surface area (Å²) in [5, 5.41) is 2.78. The van der Waals surface area contributed by atoms with Crippen molar-refractivity contribution < 1.29 is 13.2 Å². The maximum atomic E-state index is 12.7. The van der Waals surface area contributed by atoms with Gasteiger partial charge in [-0.1, -0.05) is 41.1 Å². The molecule has 1 atom stereocenters. The summed E-state index contributed by atoms with van der Waals surface area (Å²) in [6.45, 7) is 1.78. The Bertz CT molecular complexity index is 792. The molecule has 0 saturated heterocycles. The maximum Gasteiger partial charge on any atom is 0.248 e. The predicted molar refractivity (Wildman–Crippen MR) is 101 cm³/mol. The van der Waals surface area contributed by atoms with Crippen LogP contribution in [-0.2, 0) is 14.8 Å². The smallest absolute Gasteiger partial charge is 0.248 e. The number of nitrogens with zero attached hydrogens (tertiary/aromatic N) is 1. The second-order valence-corrected chi connectivity index (χ2v) is 8.09. The number of carbonyl (C=O) groups excluding carboxylic acids is 1. The molecule has 0 fully saturated rings. The van der Waals surface area contributed by atoms with Crippen molar-refractivity contribution in [2.75, 3.05) is 15.9 Å². The lowest BCUT2D eigenvalue weighted by Gasteiger charge is -2.30. The molecule has 2 aromatic rings. The van der Waals surface area contributed by atoms with E-state index in [0.29, 0.717) is 17.8 Å². The van der Waals surface area contributed by atoms with Crippen molar-refractivity contribution in [1.82, 2.24) is 0 Å². The van der Waals surface area contributed by atoms with E-state index in [1.165, 1.54) is 4.31 Å². The maximum absolute atomic E-state index is 12.7. The Hall–Kier alpha value is -1.86. The van der Waals surface area contributed by atoms with Crippen molar-refractivity contribution in [2.24, 2.45) is 0 Å². The van der Waals surface area contributed by atoms with E-state index in [4.69, 9.17) is 0 Å². The standard InChI is InChI=1S/C17H19BrN2O3S/c1-3-16(17(21)19-14-11-9-13(18)10-12-14)20(24(2,22)23)15-7-5-4-6-8-15/h4-12,16H,3H2,1-2H3,(H,19,21)/t16-/m0/s1. The van der Waals surface area contributed by atoms with Gasteiger partial charge >= 0.3 is 0 Å². The Balaban J connectivity index is 2.32. The first kappa shape index (κ1) is 18.5. The van der Waals surface area contributed by atoms with E-state index in [9.17, 15) is 13.2 Å². The molecule has 0 heterocycles. The second kappa shape index (κ2) is 7.81. The van der Waals surface area contributed by atoms with Crippen LogP contribution in [0.2, 0.25) is 0 Å². The zero-order chi connectivity index (χ0) is 17.7. The summed E-state index contributed by atoms with van der Waals surface area (Å²) in [7, 11) is -3.61. The number of halogens is 1. The van der Waals surface area contributed by atoms with Crippen molar-refractivity contribution in [2.45, 2.75) is 19.4 Å². The summed E-state index contributed by atoms with van der Waals surface area (Å²) in [4.78, 5) is 12.7. The van der Waals surface area contributed by atoms with Crippen LogP contribution in [0.5, 0.6) is 0 Å². The Labute approximate surface area is 150 Å². The molecular weight excluding hydrogens is 392 g/mol. The topological polar surface area (TPSA) is 66.5 Å². The van der Waals surface area contributed by atoms with E-state index in [1.807, 2.05) is 12.1 Å². The summed E-state index contributed by atoms with van der Waals surface area (Å²) < 4.78 is 26.6. The SMILES string of the molecule is CC[C@@H](C(=O)Nc1ccc(Br)cc1)N(c1ccccc1)S(C)(=O)=O. The van der Waals surface area contributed by atoms with Gasteiger partial charge < -0.3 is 5.32 Å². The van der Waals surface area contributed by atoms with Crippen LogP contribution >= 0.6 is 15.9 Å². The van der Waals surface area contributed by atoms with E-state index >= 15 is 0 Å². The van der Waals surface area contributed by atoms with Gasteiger partial charge in [0.05, 0.1) is 11.9 Å². The molecule has 0 radical (unpaired) electrons. The number of amides is 1. The molecule has 0 unspecified atom stereocenters. The highest BCUT2D eigenvalue weighted by Crippen LogP contribution is 2.23. The molecule has 2 rings (SSSR count). The molecule has 128 valence electrons. The fraction of sp³-hybridized carbons (Fsp3) is 0.235. The molecule has 24 heavy (non-hydrogen) atoms. The first-order valence-electron chi connectivity index (χ1n) is 7.44. The van der Waals surface area contributed by atoms with Crippen molar-refractivity contribution in [1.29, 1.82) is 0 Å². The monoisotopic (exact) mass is 410 g/mol. The summed E-state index contributed by atoms with van der Waals surface area (Å²) in [5.74, 6) is -0.367. The minimum absolute atomic E-state index is 0.352. The highest BCUT2D eigenvalue weighted by atomic mass is 79.9. The number of hydrogen-bond donors (Lipinski definition) is 1. The van der Waals surface area contributed by atoms with Gasteiger partial charge in [-0.25, -0.2) is 8.42 Å². The number of rotatable bonds is 6. The second-order valence-electron chi connectivity index (χ2n) is 5.31. The van der Waals surface area contributed by atoms with Crippen LogP contribution in [0.1, 0.15) is 13.3 Å². The van der Waals surface area contributed by atoms with Gasteiger partial charge in [-0.3, -0.25) is 9.10 Å². The third-order valence-corrected chi connectivity index (χ3v) is 5.16. The van der Waals surface area contributed by atoms with Crippen LogP contribution in [0, 0.1) is 0 Å². The number of sulfonamides is 1. The molecule has 1 N–H and O–H groups in total. The largest absolute Gasteiger partial charge is 0.324 e. The van der Waals surface area contributed by atoms with Gasteiger partial charge in [-0.05, 0) is 42.8 Å². The average molecular weight is 411 g/mol. The summed E-state index contributed by atoms with van der Waals surface area (Å²) in [6, 6.07) is 14.9. The van der Waals surface area contributed by atoms with Gasteiger partial charge in [0.2, 0.25) is 15.9 Å². The van der Waals surface area contributed by atoms with Gasteiger partial charge in [0.15, 0.2) is 0 Å². The quantitative estimate of drug-likeness (QED) is 0.790. The van der Waals surface area contributed by atoms with Crippen LogP contribution in [0.3, 0.4) is 0 Å². The first-order chi connectivity index (χ1) is 11.3. The van der Waals surface area contributed by atoms with Gasteiger partial charge in [-0.15, -0.1) is 0 Å². The molecular formula is C17H19BrN2O3S. The van der Waals surface area contributed by atoms with Gasteiger partial charge in [0.1, 0.15) is 6.04 Å². The molecule has 0 bridgehead atoms. The normalized spacial score (nSPS) is 12.5. The lowest BCUT2D eigenvalue weighted by atomic mass is 10.2. The molecule has 0 aliphatic carbocycles. The lowest BCUT2D eigenvalue weighted by Crippen LogP contribution is -2.46. The molecule has 0 spiro atoms. The van der Waals surface area contributed by atoms with Gasteiger partial charge in [0.25, 0.3) is 0 Å². The molecule has 0 saturated carbocycles. The number of benzene rings is 2. The average Bonchev–Trinajstić information content (AvgIpc) is 2.54. The zero-order valence-electron chi connectivity index (χ0n) is 13.4. The Morgan fingerprint density at radius 1 is 1.12 bits per heavy atom. The molecule has 0 aliphatic heterocycles. The first-order valence-corrected chi connectivity index (χ1v) is 10.1. The van der Waals surface area contributed by atoms with Crippen LogP contribution in [0.25, 0.3) is 0 Å². The van der Waals surface area contributed by atoms with Crippen LogP contribution in [0.15, 0.2) is 59.1 Å². The van der Waals surface area contributed by atoms with Crippen molar-refractivity contribution >= 4 is 43.2 Å². The van der Waals surface area contributed by atoms with Crippen molar-refractivity contribution in [3.05, 3.63) is 59.1 Å². The summed E-state index contributed by atoms with van der Waals surface area (Å²) in [5.41, 5.74) is 1.08. The number of para-hydroxylation sites is 1. The minimum atomic E-state index is -3.61. The molecule has 7 heteroatoms. The summed E-state index contributed by atoms with van der Waals surface area (Å²) in [6.07, 6.45) is 1.46. The molecule has 2 aromatic carbocycles. The number of hydrogen-bond acceptors (Lipinski definition) is 3. The van der Waals surface area contributed by atoms with Crippen molar-refractivity contribution in [3.8, 4) is 0 Å². The molecule has 1 amide bonds. The molecule has 0 aliphatic rings. The van der Waals surface area contributed by atoms with E-state index in [2.05, 4.69) is 21.2 Å². The van der Waals surface area contributed by atoms with E-state index in [1.54, 1.807) is 49.4 Å². The Morgan fingerprint density at radius 2 is 1.71 bits per heavy atom. The van der Waals surface area contributed by atoms with Crippen LogP contribution in [0.4, 0.5) is 11.4 Å². The third kappa shape index (κ3) is 4.58. The Morgan fingerprint density at radius 3 is 2.21 bits per heavy atom.